The van der Waals surface area contributed by atoms with Gasteiger partial charge in [-0.3, -0.25) is 4.79 Å². The smallest absolute Gasteiger partial charge is 0.266 e. The quantitative estimate of drug-likeness (QED) is 0.928. The molecule has 112 valence electrons. The molecule has 2 heterocycles. The van der Waals surface area contributed by atoms with Crippen LogP contribution in [0.1, 0.15) is 47.1 Å². The van der Waals surface area contributed by atoms with E-state index < -0.39 is 0 Å². The molecule has 0 atom stereocenters. The average molecular weight is 295 g/mol. The number of piperidine rings is 1. The lowest BCUT2D eigenvalue weighted by atomic mass is 9.97. The number of carbonyl (C=O) groups excluding carboxylic acids is 1. The lowest BCUT2D eigenvalue weighted by molar-refractivity contribution is 0.0662. The van der Waals surface area contributed by atoms with Gasteiger partial charge in [0.1, 0.15) is 4.88 Å². The predicted octanol–water partition coefficient (Wildman–Crippen LogP) is 2.61. The fourth-order valence-electron chi connectivity index (χ4n) is 2.73. The number of hydrogen-bond donors (Lipinski definition) is 1. The number of carbonyl (C=O) groups is 1. The molecule has 4 nitrogen and oxygen atoms in total. The van der Waals surface area contributed by atoms with Gasteiger partial charge in [-0.1, -0.05) is 0 Å². The molecule has 0 bridgehead atoms. The first-order chi connectivity index (χ1) is 9.49. The Morgan fingerprint density at radius 1 is 1.40 bits per heavy atom. The second-order valence-corrected chi connectivity index (χ2v) is 7.10. The fraction of sp³-hybridized carbons (Fsp3) is 0.733. The van der Waals surface area contributed by atoms with Gasteiger partial charge in [-0.15, -0.1) is 11.3 Å². The number of amides is 1. The van der Waals surface area contributed by atoms with Crippen LogP contribution in [0.3, 0.4) is 0 Å². The predicted molar refractivity (Wildman–Crippen MR) is 83.4 cm³/mol. The van der Waals surface area contributed by atoms with Gasteiger partial charge in [-0.25, -0.2) is 4.98 Å². The van der Waals surface area contributed by atoms with Crippen LogP contribution in [0.5, 0.6) is 0 Å². The van der Waals surface area contributed by atoms with Crippen molar-refractivity contribution in [1.29, 1.82) is 0 Å². The zero-order valence-electron chi connectivity index (χ0n) is 12.9. The number of nitrogens with zero attached hydrogens (tertiary/aromatic N) is 2. The summed E-state index contributed by atoms with van der Waals surface area (Å²) in [5, 5.41) is 4.35. The van der Waals surface area contributed by atoms with Gasteiger partial charge in [0.2, 0.25) is 0 Å². The topological polar surface area (TPSA) is 45.2 Å². The van der Waals surface area contributed by atoms with Crippen LogP contribution in [0.4, 0.5) is 0 Å². The lowest BCUT2D eigenvalue weighted by Gasteiger charge is -2.32. The summed E-state index contributed by atoms with van der Waals surface area (Å²) in [6, 6.07) is 0.235. The first-order valence-corrected chi connectivity index (χ1v) is 8.26. The molecule has 1 aliphatic rings. The zero-order valence-corrected chi connectivity index (χ0v) is 13.7. The zero-order chi connectivity index (χ0) is 14.7. The highest BCUT2D eigenvalue weighted by Gasteiger charge is 2.26. The minimum Gasteiger partial charge on any atom is -0.335 e. The maximum atomic E-state index is 12.8. The Morgan fingerprint density at radius 3 is 2.55 bits per heavy atom. The Balaban J connectivity index is 2.11. The summed E-state index contributed by atoms with van der Waals surface area (Å²) in [5.74, 6) is 0.776. The van der Waals surface area contributed by atoms with Crippen LogP contribution < -0.4 is 5.32 Å². The van der Waals surface area contributed by atoms with E-state index >= 15 is 0 Å². The van der Waals surface area contributed by atoms with Crippen molar-refractivity contribution < 1.29 is 4.79 Å². The lowest BCUT2D eigenvalue weighted by Crippen LogP contribution is -2.42. The molecule has 1 fully saturated rings. The third-order valence-corrected chi connectivity index (χ3v) is 4.96. The number of thiazole rings is 1. The molecule has 0 saturated carbocycles. The Hall–Kier alpha value is -0.940. The van der Waals surface area contributed by atoms with Gasteiger partial charge in [0.05, 0.1) is 10.7 Å². The van der Waals surface area contributed by atoms with E-state index in [0.717, 1.165) is 48.1 Å². The van der Waals surface area contributed by atoms with E-state index in [1.807, 2.05) is 18.7 Å². The van der Waals surface area contributed by atoms with Gasteiger partial charge >= 0.3 is 0 Å². The molecule has 0 radical (unpaired) electrons. The molecular weight excluding hydrogens is 270 g/mol. The maximum Gasteiger partial charge on any atom is 0.266 e. The van der Waals surface area contributed by atoms with Crippen LogP contribution in [-0.4, -0.2) is 41.5 Å². The first-order valence-electron chi connectivity index (χ1n) is 7.44. The fourth-order valence-corrected chi connectivity index (χ4v) is 3.61. The molecule has 1 aliphatic heterocycles. The summed E-state index contributed by atoms with van der Waals surface area (Å²) in [4.78, 5) is 20.0. The molecule has 0 unspecified atom stereocenters. The minimum absolute atomic E-state index is 0.154. The molecule has 1 N–H and O–H groups in total. The van der Waals surface area contributed by atoms with Crippen molar-refractivity contribution in [2.75, 3.05) is 19.6 Å². The van der Waals surface area contributed by atoms with Crippen LogP contribution in [0.25, 0.3) is 0 Å². The van der Waals surface area contributed by atoms with Crippen molar-refractivity contribution in [3.63, 3.8) is 0 Å². The SMILES string of the molecule is Cc1nc(C)c(C(=O)N(CC2CCNCC2)C(C)C)s1. The molecule has 5 heteroatoms. The number of nitrogens with one attached hydrogen (secondary N) is 1. The molecule has 0 aliphatic carbocycles. The minimum atomic E-state index is 0.154. The van der Waals surface area contributed by atoms with E-state index in [-0.39, 0.29) is 11.9 Å². The van der Waals surface area contributed by atoms with Crippen LogP contribution in [-0.2, 0) is 0 Å². The van der Waals surface area contributed by atoms with Crippen molar-refractivity contribution in [3.05, 3.63) is 15.6 Å². The molecule has 1 saturated heterocycles. The summed E-state index contributed by atoms with van der Waals surface area (Å²) in [6.45, 7) is 11.1. The van der Waals surface area contributed by atoms with E-state index in [1.54, 1.807) is 0 Å². The van der Waals surface area contributed by atoms with Crippen LogP contribution >= 0.6 is 11.3 Å². The highest BCUT2D eigenvalue weighted by Crippen LogP contribution is 2.22. The van der Waals surface area contributed by atoms with Crippen molar-refractivity contribution >= 4 is 17.2 Å². The first kappa shape index (κ1) is 15.4. The molecule has 0 spiro atoms. The Labute approximate surface area is 125 Å². The number of hydrogen-bond acceptors (Lipinski definition) is 4. The molecule has 0 aromatic carbocycles. The van der Waals surface area contributed by atoms with Crippen molar-refractivity contribution in [2.45, 2.75) is 46.6 Å². The standard InChI is InChI=1S/C15H25N3OS/c1-10(2)18(9-13-5-7-16-8-6-13)15(19)14-11(3)17-12(4)20-14/h10,13,16H,5-9H2,1-4H3. The summed E-state index contributed by atoms with van der Waals surface area (Å²) in [6.07, 6.45) is 2.33. The largest absolute Gasteiger partial charge is 0.335 e. The van der Waals surface area contributed by atoms with E-state index in [2.05, 4.69) is 24.1 Å². The Morgan fingerprint density at radius 2 is 2.05 bits per heavy atom. The van der Waals surface area contributed by atoms with E-state index in [0.29, 0.717) is 5.92 Å². The number of rotatable bonds is 4. The number of aryl methyl sites for hydroxylation is 2. The molecule has 1 amide bonds. The van der Waals surface area contributed by atoms with Gasteiger partial charge < -0.3 is 10.2 Å². The van der Waals surface area contributed by atoms with Crippen molar-refractivity contribution in [1.82, 2.24) is 15.2 Å². The number of aromatic nitrogens is 1. The normalized spacial score (nSPS) is 16.6. The molecule has 2 rings (SSSR count). The Kier molecular flexibility index (Phi) is 5.16. The van der Waals surface area contributed by atoms with Gasteiger partial charge in [-0.2, -0.15) is 0 Å². The Bertz CT molecular complexity index is 464. The van der Waals surface area contributed by atoms with Gasteiger partial charge in [-0.05, 0) is 59.5 Å². The molecule has 1 aromatic heterocycles. The summed E-state index contributed by atoms with van der Waals surface area (Å²) in [5.41, 5.74) is 0.869. The second-order valence-electron chi connectivity index (χ2n) is 5.89. The average Bonchev–Trinajstić information content (AvgIpc) is 2.75. The van der Waals surface area contributed by atoms with Crippen LogP contribution in [0.2, 0.25) is 0 Å². The summed E-state index contributed by atoms with van der Waals surface area (Å²) >= 11 is 1.52. The molecular formula is C15H25N3OS. The maximum absolute atomic E-state index is 12.8. The van der Waals surface area contributed by atoms with Gasteiger partial charge in [0, 0.05) is 12.6 Å². The monoisotopic (exact) mass is 295 g/mol. The van der Waals surface area contributed by atoms with Crippen LogP contribution in [0, 0.1) is 19.8 Å². The summed E-state index contributed by atoms with van der Waals surface area (Å²) < 4.78 is 0. The third kappa shape index (κ3) is 3.58. The molecule has 1 aromatic rings. The molecule has 20 heavy (non-hydrogen) atoms. The van der Waals surface area contributed by atoms with Gasteiger partial charge in [0.25, 0.3) is 5.91 Å². The van der Waals surface area contributed by atoms with Gasteiger partial charge in [0.15, 0.2) is 0 Å². The van der Waals surface area contributed by atoms with E-state index in [4.69, 9.17) is 0 Å². The highest BCUT2D eigenvalue weighted by molar-refractivity contribution is 7.13. The van der Waals surface area contributed by atoms with E-state index in [1.165, 1.54) is 11.3 Å². The van der Waals surface area contributed by atoms with Crippen LogP contribution in [0.15, 0.2) is 0 Å². The summed E-state index contributed by atoms with van der Waals surface area (Å²) in [7, 11) is 0. The van der Waals surface area contributed by atoms with Crippen molar-refractivity contribution in [3.8, 4) is 0 Å². The third-order valence-electron chi connectivity index (χ3n) is 3.90. The van der Waals surface area contributed by atoms with E-state index in [9.17, 15) is 4.79 Å². The van der Waals surface area contributed by atoms with Crippen molar-refractivity contribution in [2.24, 2.45) is 5.92 Å². The second kappa shape index (κ2) is 6.68. The highest BCUT2D eigenvalue weighted by atomic mass is 32.1.